The zero-order chi connectivity index (χ0) is 11.4. The van der Waals surface area contributed by atoms with Gasteiger partial charge >= 0.3 is 0 Å². The molecule has 0 aromatic rings. The quantitative estimate of drug-likeness (QED) is 0.542. The van der Waals surface area contributed by atoms with Gasteiger partial charge in [0.2, 0.25) is 0 Å². The van der Waals surface area contributed by atoms with E-state index in [1.54, 1.807) is 0 Å². The normalized spacial score (nSPS) is 36.4. The number of rotatable bonds is 5. The van der Waals surface area contributed by atoms with Crippen LogP contribution in [-0.4, -0.2) is 70.9 Å². The fraction of sp³-hybridized carbons (Fsp3) is 1.00. The molecule has 0 amide bonds. The second-order valence-corrected chi connectivity index (χ2v) is 3.86. The van der Waals surface area contributed by atoms with Crippen LogP contribution in [0.1, 0.15) is 13.8 Å². The Hall–Kier alpha value is -0.200. The highest BCUT2D eigenvalue weighted by Gasteiger charge is 2.42. The van der Waals surface area contributed by atoms with Crippen molar-refractivity contribution in [3.63, 3.8) is 0 Å². The van der Waals surface area contributed by atoms with Crippen molar-refractivity contribution in [1.82, 2.24) is 4.90 Å². The predicted molar refractivity (Wildman–Crippen MR) is 55.5 cm³/mol. The SMILES string of the molecule is CCN(CC)C[C@@H]1O[C@H](CO)[C@@H](O)[C@@H]1O. The summed E-state index contributed by atoms with van der Waals surface area (Å²) in [7, 11) is 0. The Balaban J connectivity index is 2.49. The molecule has 1 aliphatic heterocycles. The highest BCUT2D eigenvalue weighted by molar-refractivity contribution is 4.91. The van der Waals surface area contributed by atoms with E-state index in [-0.39, 0.29) is 6.61 Å². The van der Waals surface area contributed by atoms with Crippen molar-refractivity contribution in [2.45, 2.75) is 38.3 Å². The highest BCUT2D eigenvalue weighted by Crippen LogP contribution is 2.21. The molecule has 5 nitrogen and oxygen atoms in total. The van der Waals surface area contributed by atoms with Gasteiger partial charge in [-0.15, -0.1) is 0 Å². The first-order valence-electron chi connectivity index (χ1n) is 5.48. The Morgan fingerprint density at radius 1 is 1.07 bits per heavy atom. The third-order valence-corrected chi connectivity index (χ3v) is 2.97. The van der Waals surface area contributed by atoms with E-state index in [2.05, 4.69) is 4.90 Å². The zero-order valence-electron chi connectivity index (χ0n) is 9.33. The van der Waals surface area contributed by atoms with Crippen LogP contribution < -0.4 is 0 Å². The average Bonchev–Trinajstić information content (AvgIpc) is 2.53. The number of ether oxygens (including phenoxy) is 1. The van der Waals surface area contributed by atoms with Crippen molar-refractivity contribution < 1.29 is 20.1 Å². The van der Waals surface area contributed by atoms with Crippen LogP contribution in [0.3, 0.4) is 0 Å². The van der Waals surface area contributed by atoms with E-state index in [9.17, 15) is 10.2 Å². The van der Waals surface area contributed by atoms with E-state index < -0.39 is 24.4 Å². The number of hydrogen-bond donors (Lipinski definition) is 3. The summed E-state index contributed by atoms with van der Waals surface area (Å²) in [6, 6.07) is 0. The summed E-state index contributed by atoms with van der Waals surface area (Å²) >= 11 is 0. The summed E-state index contributed by atoms with van der Waals surface area (Å²) in [5.74, 6) is 0. The van der Waals surface area contributed by atoms with Gasteiger partial charge in [-0.3, -0.25) is 0 Å². The first-order valence-corrected chi connectivity index (χ1v) is 5.48. The lowest BCUT2D eigenvalue weighted by Crippen LogP contribution is -2.40. The molecule has 1 saturated heterocycles. The maximum atomic E-state index is 9.69. The van der Waals surface area contributed by atoms with Gasteiger partial charge < -0.3 is 25.0 Å². The fourth-order valence-electron chi connectivity index (χ4n) is 1.86. The maximum Gasteiger partial charge on any atom is 0.111 e. The van der Waals surface area contributed by atoms with Gasteiger partial charge in [0.1, 0.15) is 18.3 Å². The van der Waals surface area contributed by atoms with E-state index in [0.29, 0.717) is 6.54 Å². The summed E-state index contributed by atoms with van der Waals surface area (Å²) in [5.41, 5.74) is 0. The highest BCUT2D eigenvalue weighted by atomic mass is 16.6. The number of hydrogen-bond acceptors (Lipinski definition) is 5. The van der Waals surface area contributed by atoms with E-state index in [1.807, 2.05) is 13.8 Å². The molecule has 1 fully saturated rings. The number of aliphatic hydroxyl groups is 3. The summed E-state index contributed by atoms with van der Waals surface area (Å²) < 4.78 is 5.38. The van der Waals surface area contributed by atoms with Gasteiger partial charge in [0.05, 0.1) is 12.7 Å². The minimum absolute atomic E-state index is 0.257. The molecular formula is C10H21NO4. The molecule has 1 rings (SSSR count). The number of nitrogens with zero attached hydrogens (tertiary/aromatic N) is 1. The van der Waals surface area contributed by atoms with E-state index in [0.717, 1.165) is 13.1 Å². The zero-order valence-corrected chi connectivity index (χ0v) is 9.33. The number of likely N-dealkylation sites (N-methyl/N-ethyl adjacent to an activating group) is 1. The molecule has 15 heavy (non-hydrogen) atoms. The lowest BCUT2D eigenvalue weighted by molar-refractivity contribution is -0.0311. The van der Waals surface area contributed by atoms with Crippen molar-refractivity contribution in [2.75, 3.05) is 26.2 Å². The summed E-state index contributed by atoms with van der Waals surface area (Å²) in [5, 5.41) is 28.1. The Kier molecular flexibility index (Phi) is 4.95. The smallest absolute Gasteiger partial charge is 0.111 e. The van der Waals surface area contributed by atoms with Crippen molar-refractivity contribution in [3.8, 4) is 0 Å². The molecule has 5 heteroatoms. The largest absolute Gasteiger partial charge is 0.394 e. The molecule has 0 unspecified atom stereocenters. The Labute approximate surface area is 90.3 Å². The minimum Gasteiger partial charge on any atom is -0.394 e. The van der Waals surface area contributed by atoms with Gasteiger partial charge in [0, 0.05) is 6.54 Å². The summed E-state index contributed by atoms with van der Waals surface area (Å²) in [4.78, 5) is 2.11. The molecule has 0 aliphatic carbocycles. The molecule has 0 bridgehead atoms. The maximum absolute atomic E-state index is 9.69. The first kappa shape index (κ1) is 12.9. The van der Waals surface area contributed by atoms with Crippen molar-refractivity contribution in [3.05, 3.63) is 0 Å². The molecule has 0 saturated carbocycles. The van der Waals surface area contributed by atoms with Crippen LogP contribution in [0.4, 0.5) is 0 Å². The third-order valence-electron chi connectivity index (χ3n) is 2.97. The van der Waals surface area contributed by atoms with Crippen LogP contribution in [-0.2, 0) is 4.74 Å². The molecule has 1 heterocycles. The van der Waals surface area contributed by atoms with E-state index in [4.69, 9.17) is 9.84 Å². The Bertz CT molecular complexity index is 186. The molecule has 4 atom stereocenters. The van der Waals surface area contributed by atoms with E-state index in [1.165, 1.54) is 0 Å². The van der Waals surface area contributed by atoms with Crippen molar-refractivity contribution in [1.29, 1.82) is 0 Å². The minimum atomic E-state index is -0.976. The van der Waals surface area contributed by atoms with Crippen molar-refractivity contribution in [2.24, 2.45) is 0 Å². The van der Waals surface area contributed by atoms with E-state index >= 15 is 0 Å². The second kappa shape index (κ2) is 5.77. The van der Waals surface area contributed by atoms with Crippen LogP contribution in [0.15, 0.2) is 0 Å². The first-order chi connectivity index (χ1) is 7.13. The molecule has 0 aromatic carbocycles. The lowest BCUT2D eigenvalue weighted by atomic mass is 10.1. The van der Waals surface area contributed by atoms with Gasteiger partial charge in [-0.25, -0.2) is 0 Å². The summed E-state index contributed by atoms with van der Waals surface area (Å²) in [6.45, 7) is 6.15. The molecule has 0 spiro atoms. The average molecular weight is 219 g/mol. The summed E-state index contributed by atoms with van der Waals surface area (Å²) in [6.07, 6.45) is -2.93. The van der Waals surface area contributed by atoms with Crippen molar-refractivity contribution >= 4 is 0 Å². The Morgan fingerprint density at radius 2 is 1.60 bits per heavy atom. The lowest BCUT2D eigenvalue weighted by Gasteiger charge is -2.23. The molecule has 90 valence electrons. The van der Waals surface area contributed by atoms with Gasteiger partial charge in [-0.05, 0) is 13.1 Å². The predicted octanol–water partition coefficient (Wildman–Crippen LogP) is -1.19. The molecule has 1 aliphatic rings. The van der Waals surface area contributed by atoms with Crippen LogP contribution in [0, 0.1) is 0 Å². The van der Waals surface area contributed by atoms with Crippen LogP contribution in [0.5, 0.6) is 0 Å². The fourth-order valence-corrected chi connectivity index (χ4v) is 1.86. The second-order valence-electron chi connectivity index (χ2n) is 3.86. The van der Waals surface area contributed by atoms with Crippen LogP contribution >= 0.6 is 0 Å². The molecule has 3 N–H and O–H groups in total. The van der Waals surface area contributed by atoms with Crippen LogP contribution in [0.2, 0.25) is 0 Å². The van der Waals surface area contributed by atoms with Gasteiger partial charge in [-0.2, -0.15) is 0 Å². The molecule has 0 radical (unpaired) electrons. The third kappa shape index (κ3) is 2.89. The van der Waals surface area contributed by atoms with Gasteiger partial charge in [-0.1, -0.05) is 13.8 Å². The topological polar surface area (TPSA) is 73.2 Å². The number of aliphatic hydroxyl groups excluding tert-OH is 3. The van der Waals surface area contributed by atoms with Gasteiger partial charge in [0.25, 0.3) is 0 Å². The van der Waals surface area contributed by atoms with Gasteiger partial charge in [0.15, 0.2) is 0 Å². The van der Waals surface area contributed by atoms with Crippen LogP contribution in [0.25, 0.3) is 0 Å². The monoisotopic (exact) mass is 219 g/mol. The molecule has 0 aromatic heterocycles. The standard InChI is InChI=1S/C10H21NO4/c1-3-11(4-2)5-7-9(13)10(14)8(6-12)15-7/h7-10,12-14H,3-6H2,1-2H3/t7-,8+,9+,10+/m0/s1. The Morgan fingerprint density at radius 3 is 2.00 bits per heavy atom. The molecular weight excluding hydrogens is 198 g/mol.